The van der Waals surface area contributed by atoms with E-state index in [1.807, 2.05) is 6.07 Å². The van der Waals surface area contributed by atoms with Crippen LogP contribution in [-0.4, -0.2) is 32.9 Å². The van der Waals surface area contributed by atoms with Gasteiger partial charge < -0.3 is 15.7 Å². The van der Waals surface area contributed by atoms with Crippen molar-refractivity contribution in [1.29, 1.82) is 0 Å². The van der Waals surface area contributed by atoms with E-state index in [-0.39, 0.29) is 29.6 Å². The summed E-state index contributed by atoms with van der Waals surface area (Å²) in [6.45, 7) is 0. The first-order valence-corrected chi connectivity index (χ1v) is 11.7. The highest BCUT2D eigenvalue weighted by molar-refractivity contribution is 6.34. The minimum Gasteiger partial charge on any atom is -0.507 e. The Labute approximate surface area is 196 Å². The highest BCUT2D eigenvalue weighted by atomic mass is 35.5. The van der Waals surface area contributed by atoms with Crippen molar-refractivity contribution in [2.24, 2.45) is 0 Å². The molecule has 0 bridgehead atoms. The molecule has 0 spiro atoms. The monoisotopic (exact) mass is 464 g/mol. The summed E-state index contributed by atoms with van der Waals surface area (Å²) in [5.41, 5.74) is 2.66. The molecule has 3 aromatic rings. The molecule has 5 rings (SSSR count). The fourth-order valence-electron chi connectivity index (χ4n) is 4.33. The summed E-state index contributed by atoms with van der Waals surface area (Å²) in [6.07, 6.45) is 6.27. The molecule has 170 valence electrons. The quantitative estimate of drug-likeness (QED) is 0.432. The number of phenolic OH excluding ortho intramolecular Hbond substituents is 1. The van der Waals surface area contributed by atoms with Crippen molar-refractivity contribution in [3.05, 3.63) is 64.8 Å². The molecule has 1 heterocycles. The molecule has 2 aliphatic carbocycles. The first-order chi connectivity index (χ1) is 16.0. The third-order valence-electron chi connectivity index (χ3n) is 6.26. The number of aromatic nitrogens is 2. The highest BCUT2D eigenvalue weighted by Crippen LogP contribution is 2.38. The molecule has 0 aliphatic heterocycles. The topological polar surface area (TPSA) is 96.2 Å². The molecule has 8 heteroatoms. The SMILES string of the molecule is O=C(Nc1ccc(O)c(-c2cc(C3CCCC3)n(C(=O)NC3CC3)n2)c1)c1ccccc1Cl. The van der Waals surface area contributed by atoms with Crippen molar-refractivity contribution >= 4 is 29.2 Å². The Balaban J connectivity index is 1.46. The van der Waals surface area contributed by atoms with Gasteiger partial charge in [-0.05, 0) is 62.1 Å². The molecule has 2 saturated carbocycles. The zero-order valence-electron chi connectivity index (χ0n) is 18.1. The van der Waals surface area contributed by atoms with Gasteiger partial charge in [0.1, 0.15) is 5.75 Å². The molecular formula is C25H25ClN4O3. The maximum Gasteiger partial charge on any atom is 0.342 e. The standard InChI is InChI=1S/C25H25ClN4O3/c26-20-8-4-3-7-18(20)24(32)27-17-11-12-23(31)19(13-17)21-14-22(15-5-1-2-6-15)30(29-21)25(33)28-16-9-10-16/h3-4,7-8,11-16,31H,1-2,5-6,9-10H2,(H,27,32)(H,28,33). The number of rotatable bonds is 5. The van der Waals surface area contributed by atoms with Crippen LogP contribution >= 0.6 is 11.6 Å². The van der Waals surface area contributed by atoms with Crippen LogP contribution in [0.4, 0.5) is 10.5 Å². The lowest BCUT2D eigenvalue weighted by Gasteiger charge is -2.11. The summed E-state index contributed by atoms with van der Waals surface area (Å²) >= 11 is 6.14. The predicted molar refractivity (Wildman–Crippen MR) is 127 cm³/mol. The van der Waals surface area contributed by atoms with Gasteiger partial charge in [-0.1, -0.05) is 36.6 Å². The maximum atomic E-state index is 12.9. The lowest BCUT2D eigenvalue weighted by molar-refractivity contribution is 0.102. The van der Waals surface area contributed by atoms with Crippen LogP contribution in [0.25, 0.3) is 11.3 Å². The normalized spacial score (nSPS) is 16.0. The summed E-state index contributed by atoms with van der Waals surface area (Å²) in [6, 6.07) is 13.5. The predicted octanol–water partition coefficient (Wildman–Crippen LogP) is 5.54. The van der Waals surface area contributed by atoms with Gasteiger partial charge in [-0.3, -0.25) is 4.79 Å². The molecule has 3 N–H and O–H groups in total. The van der Waals surface area contributed by atoms with Gasteiger partial charge in [0.25, 0.3) is 5.91 Å². The molecule has 0 saturated heterocycles. The fraction of sp³-hybridized carbons (Fsp3) is 0.320. The van der Waals surface area contributed by atoms with Crippen LogP contribution in [0, 0.1) is 0 Å². The number of hydrogen-bond acceptors (Lipinski definition) is 4. The third-order valence-corrected chi connectivity index (χ3v) is 6.59. The van der Waals surface area contributed by atoms with Crippen LogP contribution < -0.4 is 10.6 Å². The molecule has 2 aliphatic rings. The number of carbonyl (C=O) groups excluding carboxylic acids is 2. The van der Waals surface area contributed by atoms with Gasteiger partial charge in [-0.25, -0.2) is 4.79 Å². The molecular weight excluding hydrogens is 440 g/mol. The van der Waals surface area contributed by atoms with E-state index >= 15 is 0 Å². The smallest absolute Gasteiger partial charge is 0.342 e. The van der Waals surface area contributed by atoms with Crippen molar-refractivity contribution in [2.75, 3.05) is 5.32 Å². The first-order valence-electron chi connectivity index (χ1n) is 11.3. The molecule has 1 aromatic heterocycles. The summed E-state index contributed by atoms with van der Waals surface area (Å²) in [4.78, 5) is 25.5. The number of nitrogens with one attached hydrogen (secondary N) is 2. The van der Waals surface area contributed by atoms with Crippen LogP contribution in [0.15, 0.2) is 48.5 Å². The summed E-state index contributed by atoms with van der Waals surface area (Å²) in [5.74, 6) is -0.0596. The van der Waals surface area contributed by atoms with E-state index in [0.29, 0.717) is 27.5 Å². The van der Waals surface area contributed by atoms with E-state index in [1.54, 1.807) is 36.4 Å². The largest absolute Gasteiger partial charge is 0.507 e. The lowest BCUT2D eigenvalue weighted by atomic mass is 10.0. The minimum atomic E-state index is -0.349. The van der Waals surface area contributed by atoms with Crippen LogP contribution in [0.2, 0.25) is 5.02 Å². The Hall–Kier alpha value is -3.32. The molecule has 2 aromatic carbocycles. The van der Waals surface area contributed by atoms with Crippen LogP contribution in [0.1, 0.15) is 60.5 Å². The van der Waals surface area contributed by atoms with Crippen LogP contribution in [-0.2, 0) is 0 Å². The Morgan fingerprint density at radius 1 is 1.03 bits per heavy atom. The number of nitrogens with zero attached hydrogens (tertiary/aromatic N) is 2. The van der Waals surface area contributed by atoms with Gasteiger partial charge in [0.15, 0.2) is 0 Å². The van der Waals surface area contributed by atoms with Gasteiger partial charge in [0, 0.05) is 23.2 Å². The number of aromatic hydroxyl groups is 1. The second-order valence-corrected chi connectivity index (χ2v) is 9.14. The molecule has 0 unspecified atom stereocenters. The number of amides is 2. The Morgan fingerprint density at radius 2 is 1.79 bits per heavy atom. The Kier molecular flexibility index (Phi) is 5.81. The van der Waals surface area contributed by atoms with Crippen molar-refractivity contribution in [1.82, 2.24) is 15.1 Å². The second kappa shape index (κ2) is 8.90. The lowest BCUT2D eigenvalue weighted by Crippen LogP contribution is -2.32. The average Bonchev–Trinajstić information content (AvgIpc) is 3.26. The summed E-state index contributed by atoms with van der Waals surface area (Å²) < 4.78 is 1.46. The van der Waals surface area contributed by atoms with Crippen LogP contribution in [0.5, 0.6) is 5.75 Å². The van der Waals surface area contributed by atoms with Gasteiger partial charge in [0.2, 0.25) is 0 Å². The molecule has 7 nitrogen and oxygen atoms in total. The Bertz CT molecular complexity index is 1210. The number of benzene rings is 2. The van der Waals surface area contributed by atoms with Crippen molar-refractivity contribution < 1.29 is 14.7 Å². The zero-order chi connectivity index (χ0) is 22.9. The first kappa shape index (κ1) is 21.5. The minimum absolute atomic E-state index is 0.0240. The number of phenols is 1. The summed E-state index contributed by atoms with van der Waals surface area (Å²) in [5, 5.41) is 21.3. The second-order valence-electron chi connectivity index (χ2n) is 8.74. The number of hydrogen-bond donors (Lipinski definition) is 3. The summed E-state index contributed by atoms with van der Waals surface area (Å²) in [7, 11) is 0. The number of carbonyl (C=O) groups is 2. The molecule has 0 radical (unpaired) electrons. The fourth-order valence-corrected chi connectivity index (χ4v) is 4.55. The van der Waals surface area contributed by atoms with Crippen molar-refractivity contribution in [3.8, 4) is 17.0 Å². The van der Waals surface area contributed by atoms with E-state index < -0.39 is 0 Å². The van der Waals surface area contributed by atoms with Crippen molar-refractivity contribution in [2.45, 2.75) is 50.5 Å². The zero-order valence-corrected chi connectivity index (χ0v) is 18.8. The van der Waals surface area contributed by atoms with Crippen molar-refractivity contribution in [3.63, 3.8) is 0 Å². The van der Waals surface area contributed by atoms with E-state index in [2.05, 4.69) is 15.7 Å². The average molecular weight is 465 g/mol. The van der Waals surface area contributed by atoms with Gasteiger partial charge in [-0.15, -0.1) is 0 Å². The van der Waals surface area contributed by atoms with E-state index in [9.17, 15) is 14.7 Å². The molecule has 2 fully saturated rings. The van der Waals surface area contributed by atoms with Gasteiger partial charge >= 0.3 is 6.03 Å². The van der Waals surface area contributed by atoms with Gasteiger partial charge in [-0.2, -0.15) is 9.78 Å². The Morgan fingerprint density at radius 3 is 2.52 bits per heavy atom. The molecule has 0 atom stereocenters. The third kappa shape index (κ3) is 4.59. The van der Waals surface area contributed by atoms with E-state index in [0.717, 1.165) is 44.2 Å². The maximum absolute atomic E-state index is 12.9. The number of halogens is 1. The number of anilines is 1. The molecule has 33 heavy (non-hydrogen) atoms. The van der Waals surface area contributed by atoms with E-state index in [1.165, 1.54) is 10.7 Å². The van der Waals surface area contributed by atoms with E-state index in [4.69, 9.17) is 11.6 Å². The molecule has 2 amide bonds. The highest BCUT2D eigenvalue weighted by Gasteiger charge is 2.29. The van der Waals surface area contributed by atoms with Gasteiger partial charge in [0.05, 0.1) is 22.0 Å². The van der Waals surface area contributed by atoms with Crippen LogP contribution in [0.3, 0.4) is 0 Å².